The number of hydrogen-bond donors (Lipinski definition) is 3. The minimum absolute atomic E-state index is 0. The highest BCUT2D eigenvalue weighted by atomic mass is 35.5. The van der Waals surface area contributed by atoms with Crippen molar-refractivity contribution in [3.05, 3.63) is 107 Å². The quantitative estimate of drug-likeness (QED) is 0.253. The minimum atomic E-state index is -0.504. The van der Waals surface area contributed by atoms with Gasteiger partial charge in [0.15, 0.2) is 0 Å². The molecule has 0 fully saturated rings. The van der Waals surface area contributed by atoms with E-state index in [1.807, 2.05) is 80.7 Å². The van der Waals surface area contributed by atoms with Gasteiger partial charge in [0, 0.05) is 24.0 Å². The number of carbonyl (C=O) groups excluding carboxylic acids is 2. The third-order valence-corrected chi connectivity index (χ3v) is 5.89. The Kier molecular flexibility index (Phi) is 10.9. The molecule has 0 radical (unpaired) electrons. The molecular formula is C28H30Cl2N4O3. The molecule has 0 aliphatic carbocycles. The number of halogens is 2. The molecule has 0 aliphatic heterocycles. The smallest absolute Gasteiger partial charge is 0.338 e. The van der Waals surface area contributed by atoms with Gasteiger partial charge >= 0.3 is 5.97 Å². The zero-order chi connectivity index (χ0) is 24.8. The van der Waals surface area contributed by atoms with E-state index in [1.165, 1.54) is 0 Å². The van der Waals surface area contributed by atoms with Gasteiger partial charge in [0.05, 0.1) is 17.7 Å². The summed E-state index contributed by atoms with van der Waals surface area (Å²) < 4.78 is 5.48. The van der Waals surface area contributed by atoms with E-state index in [0.29, 0.717) is 11.3 Å². The molecule has 0 spiro atoms. The fourth-order valence-corrected chi connectivity index (χ4v) is 3.89. The molecule has 1 unspecified atom stereocenters. The molecule has 7 nitrogen and oxygen atoms in total. The van der Waals surface area contributed by atoms with E-state index in [9.17, 15) is 9.59 Å². The molecule has 1 atom stereocenters. The lowest BCUT2D eigenvalue weighted by Crippen LogP contribution is -2.27. The predicted octanol–water partition coefficient (Wildman–Crippen LogP) is 5.58. The zero-order valence-electron chi connectivity index (χ0n) is 20.6. The standard InChI is InChI=1S/C28H28N4O3.2ClH/c1-18-3-12-25(19(2)13-18)28(34)35-17-20-4-6-22(7-5-20)26(14-29)27(33)32-24-10-8-21(9-11-24)23-15-30-31-16-23;;/h3-13,15-16,26H,14,17,29H2,1-2H3,(H,30,31)(H,32,33);2*1H. The van der Waals surface area contributed by atoms with Gasteiger partial charge in [0.2, 0.25) is 5.91 Å². The number of amides is 1. The van der Waals surface area contributed by atoms with Crippen molar-refractivity contribution >= 4 is 42.4 Å². The molecule has 1 amide bonds. The van der Waals surface area contributed by atoms with Gasteiger partial charge in [-0.15, -0.1) is 24.8 Å². The van der Waals surface area contributed by atoms with Crippen LogP contribution in [-0.2, 0) is 16.1 Å². The molecule has 194 valence electrons. The van der Waals surface area contributed by atoms with Crippen LogP contribution in [-0.4, -0.2) is 28.6 Å². The number of nitrogens with two attached hydrogens (primary N) is 1. The number of ether oxygens (including phenoxy) is 1. The largest absolute Gasteiger partial charge is 0.457 e. The average molecular weight is 541 g/mol. The second-order valence-corrected chi connectivity index (χ2v) is 8.48. The van der Waals surface area contributed by atoms with Gasteiger partial charge in [0.1, 0.15) is 6.61 Å². The second-order valence-electron chi connectivity index (χ2n) is 8.48. The Hall–Kier alpha value is -3.65. The van der Waals surface area contributed by atoms with Crippen molar-refractivity contribution in [2.75, 3.05) is 11.9 Å². The van der Waals surface area contributed by atoms with Gasteiger partial charge < -0.3 is 15.8 Å². The third-order valence-electron chi connectivity index (χ3n) is 5.89. The number of aromatic nitrogens is 2. The molecule has 0 saturated carbocycles. The maximum absolute atomic E-state index is 12.9. The fourth-order valence-electron chi connectivity index (χ4n) is 3.89. The highest BCUT2D eigenvalue weighted by Crippen LogP contribution is 2.22. The number of H-pyrrole nitrogens is 1. The maximum atomic E-state index is 12.9. The Labute approximate surface area is 228 Å². The molecular weight excluding hydrogens is 511 g/mol. The lowest BCUT2D eigenvalue weighted by Gasteiger charge is -2.16. The Bertz CT molecular complexity index is 1310. The van der Waals surface area contributed by atoms with E-state index in [1.54, 1.807) is 12.3 Å². The molecule has 37 heavy (non-hydrogen) atoms. The molecule has 1 heterocycles. The summed E-state index contributed by atoms with van der Waals surface area (Å²) in [4.78, 5) is 25.3. The van der Waals surface area contributed by atoms with Crippen LogP contribution in [0, 0.1) is 13.8 Å². The van der Waals surface area contributed by atoms with E-state index in [2.05, 4.69) is 15.5 Å². The molecule has 1 aromatic heterocycles. The van der Waals surface area contributed by atoms with Crippen LogP contribution < -0.4 is 11.1 Å². The predicted molar refractivity (Wildman–Crippen MR) is 150 cm³/mol. The lowest BCUT2D eigenvalue weighted by atomic mass is 9.97. The van der Waals surface area contributed by atoms with Gasteiger partial charge in [-0.3, -0.25) is 9.89 Å². The molecule has 4 aromatic rings. The van der Waals surface area contributed by atoms with Crippen LogP contribution in [0.5, 0.6) is 0 Å². The first kappa shape index (κ1) is 29.6. The highest BCUT2D eigenvalue weighted by Gasteiger charge is 2.19. The Morgan fingerprint density at radius 3 is 2.27 bits per heavy atom. The number of anilines is 1. The summed E-state index contributed by atoms with van der Waals surface area (Å²) in [5.41, 5.74) is 12.8. The highest BCUT2D eigenvalue weighted by molar-refractivity contribution is 5.96. The van der Waals surface area contributed by atoms with Crippen LogP contribution in [0.15, 0.2) is 79.1 Å². The first-order valence-electron chi connectivity index (χ1n) is 11.4. The van der Waals surface area contributed by atoms with Crippen molar-refractivity contribution < 1.29 is 14.3 Å². The van der Waals surface area contributed by atoms with Gasteiger partial charge in [-0.2, -0.15) is 5.10 Å². The SMILES string of the molecule is Cc1ccc(C(=O)OCc2ccc(C(CN)C(=O)Nc3ccc(-c4cn[nH]c4)cc3)cc2)c(C)c1.Cl.Cl. The van der Waals surface area contributed by atoms with Gasteiger partial charge in [0.25, 0.3) is 0 Å². The molecule has 0 bridgehead atoms. The monoisotopic (exact) mass is 540 g/mol. The Morgan fingerprint density at radius 1 is 0.973 bits per heavy atom. The van der Waals surface area contributed by atoms with E-state index in [4.69, 9.17) is 10.5 Å². The number of nitrogens with zero attached hydrogens (tertiary/aromatic N) is 1. The summed E-state index contributed by atoms with van der Waals surface area (Å²) in [6.45, 7) is 4.19. The summed E-state index contributed by atoms with van der Waals surface area (Å²) in [6.07, 6.45) is 3.55. The van der Waals surface area contributed by atoms with Crippen molar-refractivity contribution in [1.29, 1.82) is 0 Å². The third kappa shape index (κ3) is 7.43. The number of hydrogen-bond acceptors (Lipinski definition) is 5. The van der Waals surface area contributed by atoms with Crippen LogP contribution in [0.1, 0.15) is 38.5 Å². The minimum Gasteiger partial charge on any atom is -0.457 e. The Morgan fingerprint density at radius 2 is 1.68 bits per heavy atom. The summed E-state index contributed by atoms with van der Waals surface area (Å²) in [5.74, 6) is -1.04. The zero-order valence-corrected chi connectivity index (χ0v) is 22.2. The van der Waals surface area contributed by atoms with Gasteiger partial charge in [-0.1, -0.05) is 54.1 Å². The number of nitrogens with one attached hydrogen (secondary N) is 2. The molecule has 0 aliphatic rings. The molecule has 4 N–H and O–H groups in total. The number of esters is 1. The van der Waals surface area contributed by atoms with E-state index in [-0.39, 0.29) is 49.8 Å². The summed E-state index contributed by atoms with van der Waals surface area (Å²) in [7, 11) is 0. The normalized spacial score (nSPS) is 11.0. The van der Waals surface area contributed by atoms with E-state index < -0.39 is 5.92 Å². The summed E-state index contributed by atoms with van der Waals surface area (Å²) >= 11 is 0. The van der Waals surface area contributed by atoms with Crippen molar-refractivity contribution in [3.63, 3.8) is 0 Å². The van der Waals surface area contributed by atoms with Crippen LogP contribution in [0.2, 0.25) is 0 Å². The molecule has 0 saturated heterocycles. The number of carbonyl (C=O) groups is 2. The number of benzene rings is 3. The fraction of sp³-hybridized carbons (Fsp3) is 0.179. The van der Waals surface area contributed by atoms with Gasteiger partial charge in [-0.05, 0) is 54.3 Å². The van der Waals surface area contributed by atoms with Crippen molar-refractivity contribution in [1.82, 2.24) is 10.2 Å². The first-order chi connectivity index (χ1) is 16.9. The molecule has 4 rings (SSSR count). The topological polar surface area (TPSA) is 110 Å². The van der Waals surface area contributed by atoms with Gasteiger partial charge in [-0.25, -0.2) is 4.79 Å². The Balaban J connectivity index is 0.00000241. The number of aryl methyl sites for hydroxylation is 2. The number of aromatic amines is 1. The van der Waals surface area contributed by atoms with Crippen molar-refractivity contribution in [3.8, 4) is 11.1 Å². The molecule has 9 heteroatoms. The van der Waals surface area contributed by atoms with Crippen LogP contribution in [0.4, 0.5) is 5.69 Å². The lowest BCUT2D eigenvalue weighted by molar-refractivity contribution is -0.117. The average Bonchev–Trinajstić information content (AvgIpc) is 3.39. The van der Waals surface area contributed by atoms with Crippen molar-refractivity contribution in [2.24, 2.45) is 5.73 Å². The van der Waals surface area contributed by atoms with Crippen LogP contribution >= 0.6 is 24.8 Å². The molecule has 3 aromatic carbocycles. The number of rotatable bonds is 8. The summed E-state index contributed by atoms with van der Waals surface area (Å²) in [5, 5.41) is 9.67. The maximum Gasteiger partial charge on any atom is 0.338 e. The van der Waals surface area contributed by atoms with Crippen molar-refractivity contribution in [2.45, 2.75) is 26.4 Å². The second kappa shape index (κ2) is 13.6. The van der Waals surface area contributed by atoms with Crippen LogP contribution in [0.3, 0.4) is 0 Å². The summed E-state index contributed by atoms with van der Waals surface area (Å²) in [6, 6.07) is 20.6. The van der Waals surface area contributed by atoms with E-state index >= 15 is 0 Å². The van der Waals surface area contributed by atoms with Crippen LogP contribution in [0.25, 0.3) is 11.1 Å². The van der Waals surface area contributed by atoms with E-state index in [0.717, 1.165) is 33.4 Å². The first-order valence-corrected chi connectivity index (χ1v) is 11.4.